The first-order chi connectivity index (χ1) is 13.7. The van der Waals surface area contributed by atoms with Gasteiger partial charge in [0.25, 0.3) is 0 Å². The summed E-state index contributed by atoms with van der Waals surface area (Å²) in [5, 5.41) is 12.1. The molecule has 2 heterocycles. The number of aromatic amines is 1. The molecule has 4 rings (SSSR count). The van der Waals surface area contributed by atoms with Gasteiger partial charge in [0, 0.05) is 28.2 Å². The molecule has 146 valence electrons. The van der Waals surface area contributed by atoms with E-state index in [0.29, 0.717) is 11.3 Å². The Hall–Kier alpha value is -2.63. The first kappa shape index (κ1) is 18.7. The molecule has 0 spiro atoms. The third-order valence-corrected chi connectivity index (χ3v) is 5.66. The smallest absolute Gasteiger partial charge is 0.195 e. The van der Waals surface area contributed by atoms with Gasteiger partial charge in [-0.2, -0.15) is 0 Å². The zero-order valence-corrected chi connectivity index (χ0v) is 16.1. The van der Waals surface area contributed by atoms with Crippen LogP contribution in [0.15, 0.2) is 54.7 Å². The van der Waals surface area contributed by atoms with Crippen molar-refractivity contribution in [2.45, 2.75) is 31.4 Å². The summed E-state index contributed by atoms with van der Waals surface area (Å²) in [6.45, 7) is 1.72. The summed E-state index contributed by atoms with van der Waals surface area (Å²) < 4.78 is 5.55. The predicted molar refractivity (Wildman–Crippen MR) is 110 cm³/mol. The predicted octanol–water partition coefficient (Wildman–Crippen LogP) is 3.95. The van der Waals surface area contributed by atoms with E-state index in [4.69, 9.17) is 4.74 Å². The van der Waals surface area contributed by atoms with Crippen LogP contribution in [0.1, 0.15) is 41.2 Å². The lowest BCUT2D eigenvalue weighted by molar-refractivity contribution is 0.0316. The molecule has 0 bridgehead atoms. The maximum atomic E-state index is 13.3. The molecule has 0 radical (unpaired) electrons. The van der Waals surface area contributed by atoms with E-state index in [0.717, 1.165) is 42.4 Å². The first-order valence-electron chi connectivity index (χ1n) is 9.86. The SMILES string of the molecule is COc1ccccc1C(C(O)C(=O)c1c[nH]c2ccccc12)N1CCCCC1. The number of aliphatic hydroxyl groups excluding tert-OH is 1. The van der Waals surface area contributed by atoms with Gasteiger partial charge in [0.05, 0.1) is 13.2 Å². The van der Waals surface area contributed by atoms with E-state index >= 15 is 0 Å². The monoisotopic (exact) mass is 378 g/mol. The number of aromatic nitrogens is 1. The van der Waals surface area contributed by atoms with Crippen molar-refractivity contribution in [3.05, 3.63) is 65.9 Å². The van der Waals surface area contributed by atoms with Gasteiger partial charge in [-0.05, 0) is 38.1 Å². The molecule has 1 saturated heterocycles. The van der Waals surface area contributed by atoms with Crippen LogP contribution in [0.3, 0.4) is 0 Å². The van der Waals surface area contributed by atoms with Gasteiger partial charge in [-0.3, -0.25) is 9.69 Å². The third kappa shape index (κ3) is 3.43. The van der Waals surface area contributed by atoms with E-state index in [9.17, 15) is 9.90 Å². The fourth-order valence-corrected chi connectivity index (χ4v) is 4.25. The highest BCUT2D eigenvalue weighted by molar-refractivity contribution is 6.10. The van der Waals surface area contributed by atoms with Crippen molar-refractivity contribution in [2.75, 3.05) is 20.2 Å². The number of hydrogen-bond acceptors (Lipinski definition) is 4. The van der Waals surface area contributed by atoms with Crippen molar-refractivity contribution in [3.63, 3.8) is 0 Å². The Bertz CT molecular complexity index is 959. The van der Waals surface area contributed by atoms with Gasteiger partial charge < -0.3 is 14.8 Å². The Balaban J connectivity index is 1.74. The number of ketones is 1. The summed E-state index contributed by atoms with van der Waals surface area (Å²) in [7, 11) is 1.62. The molecule has 1 aromatic heterocycles. The summed E-state index contributed by atoms with van der Waals surface area (Å²) in [5.41, 5.74) is 2.28. The minimum atomic E-state index is -1.17. The number of aliphatic hydroxyl groups is 1. The Morgan fingerprint density at radius 1 is 1.07 bits per heavy atom. The number of carbonyl (C=O) groups excluding carboxylic acids is 1. The maximum Gasteiger partial charge on any atom is 0.195 e. The van der Waals surface area contributed by atoms with Crippen LogP contribution >= 0.6 is 0 Å². The largest absolute Gasteiger partial charge is 0.496 e. The molecule has 5 heteroatoms. The molecule has 3 aromatic rings. The number of hydrogen-bond donors (Lipinski definition) is 2. The second-order valence-electron chi connectivity index (χ2n) is 7.34. The zero-order valence-electron chi connectivity index (χ0n) is 16.1. The van der Waals surface area contributed by atoms with Gasteiger partial charge in [0.1, 0.15) is 11.9 Å². The molecular formula is C23H26N2O3. The lowest BCUT2D eigenvalue weighted by atomic mass is 9.91. The van der Waals surface area contributed by atoms with Gasteiger partial charge in [-0.15, -0.1) is 0 Å². The quantitative estimate of drug-likeness (QED) is 0.638. The molecule has 2 atom stereocenters. The fraction of sp³-hybridized carbons (Fsp3) is 0.348. The van der Waals surface area contributed by atoms with Gasteiger partial charge in [0.2, 0.25) is 0 Å². The molecule has 2 unspecified atom stereocenters. The average Bonchev–Trinajstić information content (AvgIpc) is 3.18. The van der Waals surface area contributed by atoms with Crippen molar-refractivity contribution in [1.82, 2.24) is 9.88 Å². The van der Waals surface area contributed by atoms with E-state index < -0.39 is 12.1 Å². The average molecular weight is 378 g/mol. The normalized spacial score (nSPS) is 17.4. The summed E-state index contributed by atoms with van der Waals surface area (Å²) in [6.07, 6.45) is 3.85. The summed E-state index contributed by atoms with van der Waals surface area (Å²) in [5.74, 6) is 0.433. The number of rotatable bonds is 6. The van der Waals surface area contributed by atoms with Crippen molar-refractivity contribution >= 4 is 16.7 Å². The first-order valence-corrected chi connectivity index (χ1v) is 9.86. The standard InChI is InChI=1S/C23H26N2O3/c1-28-20-12-6-4-10-17(20)21(25-13-7-2-8-14-25)23(27)22(26)18-15-24-19-11-5-3-9-16(18)19/h3-6,9-12,15,21,23-24,27H,2,7-8,13-14H2,1H3. The number of methoxy groups -OCH3 is 1. The van der Waals surface area contributed by atoms with Crippen LogP contribution in [0.25, 0.3) is 10.9 Å². The van der Waals surface area contributed by atoms with Crippen LogP contribution in [0.5, 0.6) is 5.75 Å². The lowest BCUT2D eigenvalue weighted by Gasteiger charge is -2.37. The number of nitrogens with zero attached hydrogens (tertiary/aromatic N) is 1. The highest BCUT2D eigenvalue weighted by Crippen LogP contribution is 2.35. The number of H-pyrrole nitrogens is 1. The van der Waals surface area contributed by atoms with E-state index in [-0.39, 0.29) is 5.78 Å². The second-order valence-corrected chi connectivity index (χ2v) is 7.34. The van der Waals surface area contributed by atoms with E-state index in [1.54, 1.807) is 13.3 Å². The second kappa shape index (κ2) is 8.17. The molecule has 0 amide bonds. The van der Waals surface area contributed by atoms with Crippen LogP contribution in [0.4, 0.5) is 0 Å². The van der Waals surface area contributed by atoms with Crippen LogP contribution in [0.2, 0.25) is 0 Å². The van der Waals surface area contributed by atoms with Gasteiger partial charge in [-0.1, -0.05) is 42.8 Å². The van der Waals surface area contributed by atoms with Crippen molar-refractivity contribution in [3.8, 4) is 5.75 Å². The Morgan fingerprint density at radius 3 is 2.57 bits per heavy atom. The van der Waals surface area contributed by atoms with Crippen molar-refractivity contribution < 1.29 is 14.6 Å². The zero-order chi connectivity index (χ0) is 19.5. The van der Waals surface area contributed by atoms with E-state index in [2.05, 4.69) is 9.88 Å². The van der Waals surface area contributed by atoms with Crippen molar-refractivity contribution in [1.29, 1.82) is 0 Å². The highest BCUT2D eigenvalue weighted by Gasteiger charge is 2.36. The maximum absolute atomic E-state index is 13.3. The summed E-state index contributed by atoms with van der Waals surface area (Å²) in [6, 6.07) is 14.9. The number of carbonyl (C=O) groups is 1. The Kier molecular flexibility index (Phi) is 5.46. The molecular weight excluding hydrogens is 352 g/mol. The molecule has 2 aromatic carbocycles. The minimum absolute atomic E-state index is 0.265. The number of piperidine rings is 1. The number of ether oxygens (including phenoxy) is 1. The number of benzene rings is 2. The third-order valence-electron chi connectivity index (χ3n) is 5.66. The highest BCUT2D eigenvalue weighted by atomic mass is 16.5. The molecule has 0 saturated carbocycles. The van der Waals surface area contributed by atoms with Gasteiger partial charge in [0.15, 0.2) is 5.78 Å². The van der Waals surface area contributed by atoms with E-state index in [1.165, 1.54) is 6.42 Å². The molecule has 28 heavy (non-hydrogen) atoms. The Morgan fingerprint density at radius 2 is 1.79 bits per heavy atom. The molecule has 1 aliphatic rings. The number of para-hydroxylation sites is 2. The van der Waals surface area contributed by atoms with Crippen molar-refractivity contribution in [2.24, 2.45) is 0 Å². The Labute approximate surface area is 164 Å². The van der Waals surface area contributed by atoms with Gasteiger partial charge in [-0.25, -0.2) is 0 Å². The molecule has 1 aliphatic heterocycles. The lowest BCUT2D eigenvalue weighted by Crippen LogP contribution is -2.43. The summed E-state index contributed by atoms with van der Waals surface area (Å²) >= 11 is 0. The molecule has 5 nitrogen and oxygen atoms in total. The van der Waals surface area contributed by atoms with Crippen LogP contribution in [-0.2, 0) is 0 Å². The summed E-state index contributed by atoms with van der Waals surface area (Å²) in [4.78, 5) is 18.7. The molecule has 1 fully saturated rings. The molecule has 2 N–H and O–H groups in total. The van der Waals surface area contributed by atoms with E-state index in [1.807, 2.05) is 48.5 Å². The van der Waals surface area contributed by atoms with Gasteiger partial charge >= 0.3 is 0 Å². The number of fused-ring (bicyclic) bond motifs is 1. The topological polar surface area (TPSA) is 65.6 Å². The van der Waals surface area contributed by atoms with Crippen LogP contribution in [-0.4, -0.2) is 47.1 Å². The number of nitrogens with one attached hydrogen (secondary N) is 1. The fourth-order valence-electron chi connectivity index (χ4n) is 4.25. The number of Topliss-reactive ketones (excluding diaryl/α,β-unsaturated/α-hetero) is 1. The molecule has 0 aliphatic carbocycles. The van der Waals surface area contributed by atoms with Crippen LogP contribution < -0.4 is 4.74 Å². The minimum Gasteiger partial charge on any atom is -0.496 e. The number of likely N-dealkylation sites (tertiary alicyclic amines) is 1. The van der Waals surface area contributed by atoms with Crippen LogP contribution in [0, 0.1) is 0 Å².